The van der Waals surface area contributed by atoms with Crippen LogP contribution in [0.3, 0.4) is 0 Å². The van der Waals surface area contributed by atoms with Crippen molar-refractivity contribution in [3.05, 3.63) is 70.7 Å². The van der Waals surface area contributed by atoms with Crippen molar-refractivity contribution in [3.63, 3.8) is 0 Å². The Bertz CT molecular complexity index is 647. The molecule has 1 aliphatic rings. The second-order valence-corrected chi connectivity index (χ2v) is 5.26. The Kier molecular flexibility index (Phi) is 3.82. The number of halogens is 1. The quantitative estimate of drug-likeness (QED) is 0.946. The van der Waals surface area contributed by atoms with Crippen LogP contribution in [0, 0.1) is 0 Å². The number of carbonyl (C=O) groups excluding carboxylic acids is 1. The van der Waals surface area contributed by atoms with E-state index >= 15 is 0 Å². The molecule has 1 aliphatic heterocycles. The topological polar surface area (TPSA) is 49.8 Å². The number of cyclic esters (lactones) is 1. The number of rotatable bonds is 3. The largest absolute Gasteiger partial charge is 0.436 e. The third-order valence-corrected chi connectivity index (χ3v) is 3.80. The van der Waals surface area contributed by atoms with Crippen LogP contribution >= 0.6 is 11.6 Å². The molecule has 5 heteroatoms. The van der Waals surface area contributed by atoms with Gasteiger partial charge in [0, 0.05) is 10.6 Å². The van der Waals surface area contributed by atoms with Crippen LogP contribution in [-0.4, -0.2) is 22.3 Å². The van der Waals surface area contributed by atoms with Gasteiger partial charge in [-0.25, -0.2) is 4.79 Å². The molecule has 0 radical (unpaired) electrons. The molecule has 108 valence electrons. The number of benzene rings is 2. The maximum absolute atomic E-state index is 12.0. The van der Waals surface area contributed by atoms with Crippen molar-refractivity contribution in [2.75, 3.05) is 0 Å². The molecular weight excluding hydrogens is 290 g/mol. The zero-order valence-corrected chi connectivity index (χ0v) is 11.9. The van der Waals surface area contributed by atoms with Crippen LogP contribution in [0.1, 0.15) is 17.2 Å². The van der Waals surface area contributed by atoms with Crippen LogP contribution in [0.15, 0.2) is 54.6 Å². The van der Waals surface area contributed by atoms with Crippen LogP contribution in [0.25, 0.3) is 0 Å². The fourth-order valence-corrected chi connectivity index (χ4v) is 2.62. The van der Waals surface area contributed by atoms with Crippen LogP contribution in [0.2, 0.25) is 5.02 Å². The molecule has 3 rings (SSSR count). The number of carbonyl (C=O) groups is 1. The predicted octanol–water partition coefficient (Wildman–Crippen LogP) is 3.35. The van der Waals surface area contributed by atoms with Crippen LogP contribution < -0.4 is 0 Å². The van der Waals surface area contributed by atoms with Gasteiger partial charge in [0.1, 0.15) is 0 Å². The standard InChI is InChI=1S/C16H14ClNO3/c17-13-9-5-4-8-12(13)14-15(19)18(16(20)21-14)10-11-6-2-1-3-7-11/h1-9,14-15,19H,10H2. The zero-order chi connectivity index (χ0) is 14.8. The molecule has 0 aromatic heterocycles. The van der Waals surface area contributed by atoms with Gasteiger partial charge in [0.15, 0.2) is 12.3 Å². The number of aliphatic hydroxyl groups excluding tert-OH is 1. The van der Waals surface area contributed by atoms with Crippen molar-refractivity contribution in [1.82, 2.24) is 4.90 Å². The lowest BCUT2D eigenvalue weighted by atomic mass is 10.1. The van der Waals surface area contributed by atoms with E-state index in [0.29, 0.717) is 17.1 Å². The summed E-state index contributed by atoms with van der Waals surface area (Å²) in [5, 5.41) is 10.8. The fourth-order valence-electron chi connectivity index (χ4n) is 2.38. The molecule has 1 N–H and O–H groups in total. The van der Waals surface area contributed by atoms with Crippen molar-refractivity contribution >= 4 is 17.7 Å². The average molecular weight is 304 g/mol. The van der Waals surface area contributed by atoms with E-state index in [9.17, 15) is 9.90 Å². The summed E-state index contributed by atoms with van der Waals surface area (Å²) in [5.74, 6) is 0. The molecule has 2 unspecified atom stereocenters. The SMILES string of the molecule is O=C1OC(c2ccccc2Cl)C(O)N1Cc1ccccc1. The molecule has 4 nitrogen and oxygen atoms in total. The highest BCUT2D eigenvalue weighted by atomic mass is 35.5. The van der Waals surface area contributed by atoms with E-state index in [1.165, 1.54) is 4.90 Å². The molecule has 0 saturated carbocycles. The summed E-state index contributed by atoms with van der Waals surface area (Å²) in [6, 6.07) is 16.5. The van der Waals surface area contributed by atoms with Gasteiger partial charge >= 0.3 is 6.09 Å². The summed E-state index contributed by atoms with van der Waals surface area (Å²) < 4.78 is 5.28. The van der Waals surface area contributed by atoms with E-state index < -0.39 is 18.4 Å². The Morgan fingerprint density at radius 3 is 2.48 bits per heavy atom. The number of aliphatic hydroxyl groups is 1. The van der Waals surface area contributed by atoms with Crippen LogP contribution in [-0.2, 0) is 11.3 Å². The third-order valence-electron chi connectivity index (χ3n) is 3.46. The van der Waals surface area contributed by atoms with E-state index in [-0.39, 0.29) is 0 Å². The summed E-state index contributed by atoms with van der Waals surface area (Å²) in [6.07, 6.45) is -2.37. The lowest BCUT2D eigenvalue weighted by Crippen LogP contribution is -2.33. The molecule has 1 amide bonds. The minimum atomic E-state index is -1.06. The summed E-state index contributed by atoms with van der Waals surface area (Å²) in [5.41, 5.74) is 1.53. The smallest absolute Gasteiger partial charge is 0.413 e. The van der Waals surface area contributed by atoms with Crippen molar-refractivity contribution < 1.29 is 14.6 Å². The maximum atomic E-state index is 12.0. The monoisotopic (exact) mass is 303 g/mol. The average Bonchev–Trinajstić information content (AvgIpc) is 2.77. The molecule has 0 spiro atoms. The van der Waals surface area contributed by atoms with Gasteiger partial charge in [-0.2, -0.15) is 0 Å². The minimum absolute atomic E-state index is 0.293. The number of hydrogen-bond acceptors (Lipinski definition) is 3. The number of ether oxygens (including phenoxy) is 1. The summed E-state index contributed by atoms with van der Waals surface area (Å²) >= 11 is 6.10. The summed E-state index contributed by atoms with van der Waals surface area (Å²) in [4.78, 5) is 13.3. The highest BCUT2D eigenvalue weighted by molar-refractivity contribution is 6.31. The molecule has 0 bridgehead atoms. The molecule has 2 atom stereocenters. The first-order valence-corrected chi connectivity index (χ1v) is 6.98. The molecular formula is C16H14ClNO3. The molecule has 2 aromatic carbocycles. The Morgan fingerprint density at radius 2 is 1.76 bits per heavy atom. The minimum Gasteiger partial charge on any atom is -0.436 e. The Morgan fingerprint density at radius 1 is 1.10 bits per heavy atom. The van der Waals surface area contributed by atoms with Crippen molar-refractivity contribution in [2.45, 2.75) is 18.9 Å². The lowest BCUT2D eigenvalue weighted by Gasteiger charge is -2.20. The lowest BCUT2D eigenvalue weighted by molar-refractivity contribution is 0.0106. The molecule has 21 heavy (non-hydrogen) atoms. The van der Waals surface area contributed by atoms with E-state index in [4.69, 9.17) is 16.3 Å². The van der Waals surface area contributed by atoms with Gasteiger partial charge in [0.25, 0.3) is 0 Å². The summed E-state index contributed by atoms with van der Waals surface area (Å²) in [7, 11) is 0. The number of nitrogens with zero attached hydrogens (tertiary/aromatic N) is 1. The third kappa shape index (κ3) is 2.73. The molecule has 2 aromatic rings. The second kappa shape index (κ2) is 5.76. The normalized spacial score (nSPS) is 21.4. The van der Waals surface area contributed by atoms with Gasteiger partial charge < -0.3 is 9.84 Å². The van der Waals surface area contributed by atoms with Gasteiger partial charge in [0.05, 0.1) is 6.54 Å². The van der Waals surface area contributed by atoms with E-state index in [0.717, 1.165) is 5.56 Å². The summed E-state index contributed by atoms with van der Waals surface area (Å²) in [6.45, 7) is 0.293. The fraction of sp³-hybridized carbons (Fsp3) is 0.188. The first-order valence-electron chi connectivity index (χ1n) is 6.60. The first kappa shape index (κ1) is 13.9. The molecule has 1 fully saturated rings. The zero-order valence-electron chi connectivity index (χ0n) is 11.1. The van der Waals surface area contributed by atoms with Gasteiger partial charge in [-0.05, 0) is 11.6 Å². The van der Waals surface area contributed by atoms with Crippen LogP contribution in [0.5, 0.6) is 0 Å². The number of amides is 1. The van der Waals surface area contributed by atoms with Gasteiger partial charge in [-0.15, -0.1) is 0 Å². The molecule has 0 aliphatic carbocycles. The van der Waals surface area contributed by atoms with E-state index in [2.05, 4.69) is 0 Å². The van der Waals surface area contributed by atoms with E-state index in [1.54, 1.807) is 24.3 Å². The van der Waals surface area contributed by atoms with Gasteiger partial charge in [-0.1, -0.05) is 60.1 Å². The Labute approximate surface area is 127 Å². The van der Waals surface area contributed by atoms with Gasteiger partial charge in [-0.3, -0.25) is 4.90 Å². The van der Waals surface area contributed by atoms with Crippen molar-refractivity contribution in [2.24, 2.45) is 0 Å². The van der Waals surface area contributed by atoms with Crippen LogP contribution in [0.4, 0.5) is 4.79 Å². The number of hydrogen-bond donors (Lipinski definition) is 1. The molecule has 1 saturated heterocycles. The second-order valence-electron chi connectivity index (χ2n) is 4.85. The van der Waals surface area contributed by atoms with Gasteiger partial charge in [0.2, 0.25) is 0 Å². The predicted molar refractivity (Wildman–Crippen MR) is 78.7 cm³/mol. The Hall–Kier alpha value is -2.04. The highest BCUT2D eigenvalue weighted by Gasteiger charge is 2.42. The van der Waals surface area contributed by atoms with Crippen molar-refractivity contribution in [3.8, 4) is 0 Å². The molecule has 1 heterocycles. The van der Waals surface area contributed by atoms with Crippen molar-refractivity contribution in [1.29, 1.82) is 0 Å². The first-order chi connectivity index (χ1) is 10.2. The van der Waals surface area contributed by atoms with E-state index in [1.807, 2.05) is 30.3 Å². The highest BCUT2D eigenvalue weighted by Crippen LogP contribution is 2.35. The maximum Gasteiger partial charge on any atom is 0.413 e. The Balaban J connectivity index is 1.82.